The van der Waals surface area contributed by atoms with Gasteiger partial charge < -0.3 is 25.5 Å². The number of aliphatic hydroxyl groups is 4. The van der Waals surface area contributed by atoms with Crippen molar-refractivity contribution < 1.29 is 39.9 Å². The maximum Gasteiger partial charge on any atom is 0.209 e. The molecule has 0 radical (unpaired) electrons. The molecule has 6 atom stereocenters. The molecular weight excluding hydrogens is 548 g/mol. The van der Waals surface area contributed by atoms with Crippen molar-refractivity contribution in [2.45, 2.75) is 78.9 Å². The lowest BCUT2D eigenvalue weighted by molar-refractivity contribution is -0.211. The Bertz CT molecular complexity index is 1640. The average molecular weight is 589 g/mol. The topological polar surface area (TPSA) is 152 Å². The van der Waals surface area contributed by atoms with E-state index in [0.29, 0.717) is 17.0 Å². The first kappa shape index (κ1) is 30.7. The molecule has 0 saturated carbocycles. The highest BCUT2D eigenvalue weighted by molar-refractivity contribution is 6.25. The Labute approximate surface area is 251 Å². The Morgan fingerprint density at radius 2 is 1.51 bits per heavy atom. The molecule has 2 aromatic rings. The van der Waals surface area contributed by atoms with Gasteiger partial charge in [0.2, 0.25) is 5.78 Å². The Morgan fingerprint density at radius 3 is 2.02 bits per heavy atom. The van der Waals surface area contributed by atoms with E-state index in [0.717, 1.165) is 18.1 Å². The van der Waals surface area contributed by atoms with Gasteiger partial charge in [-0.05, 0) is 53.0 Å². The molecule has 5 rings (SSSR count). The van der Waals surface area contributed by atoms with Crippen molar-refractivity contribution in [1.29, 1.82) is 0 Å². The maximum atomic E-state index is 14.4. The number of allylic oxidation sites excluding steroid dienone is 1. The predicted octanol–water partition coefficient (Wildman–Crippen LogP) is 5.67. The minimum absolute atomic E-state index is 0.0924. The van der Waals surface area contributed by atoms with Crippen molar-refractivity contribution in [3.05, 3.63) is 75.8 Å². The van der Waals surface area contributed by atoms with Gasteiger partial charge in [-0.2, -0.15) is 0 Å². The predicted molar refractivity (Wildman–Crippen MR) is 161 cm³/mol. The van der Waals surface area contributed by atoms with Crippen LogP contribution in [0.2, 0.25) is 0 Å². The van der Waals surface area contributed by atoms with E-state index in [2.05, 4.69) is 13.8 Å². The standard InChI is InChI=1S/C35H40O8/c1-15(2)19-9-11-20(12-10-19)21-13-14-22(37)25-23(21)17(5)33(7)27(29(25)39)31(41)35(43)30(40)24(18(6)36)28(38)26(16(3)4)34(35,8)32(33)42/h9-17,26,32,37-38,41-43H,1-8H3/t17-,26?,32-,33+,34+,35+/m1/s1. The van der Waals surface area contributed by atoms with Crippen LogP contribution in [0.4, 0.5) is 0 Å². The van der Waals surface area contributed by atoms with Crippen LogP contribution in [-0.4, -0.2) is 54.6 Å². The smallest absolute Gasteiger partial charge is 0.209 e. The highest BCUT2D eigenvalue weighted by Crippen LogP contribution is 2.68. The Balaban J connectivity index is 1.86. The van der Waals surface area contributed by atoms with Crippen LogP contribution in [0.5, 0.6) is 5.75 Å². The molecule has 43 heavy (non-hydrogen) atoms. The number of phenolic OH excluding ortho intramolecular Hbond substituents is 1. The van der Waals surface area contributed by atoms with E-state index < -0.39 is 80.3 Å². The van der Waals surface area contributed by atoms with Crippen LogP contribution in [-0.2, 0) is 9.59 Å². The fourth-order valence-corrected chi connectivity index (χ4v) is 8.31. The number of fused-ring (bicyclic) bond motifs is 3. The van der Waals surface area contributed by atoms with Crippen LogP contribution >= 0.6 is 0 Å². The summed E-state index contributed by atoms with van der Waals surface area (Å²) >= 11 is 0. The second-order valence-electron chi connectivity index (χ2n) is 13.5. The van der Waals surface area contributed by atoms with Crippen molar-refractivity contribution in [2.75, 3.05) is 0 Å². The normalized spacial score (nSPS) is 32.2. The van der Waals surface area contributed by atoms with Crippen LogP contribution in [0.3, 0.4) is 0 Å². The molecule has 1 unspecified atom stereocenters. The minimum atomic E-state index is -2.91. The van der Waals surface area contributed by atoms with Crippen LogP contribution in [0, 0.1) is 22.7 Å². The van der Waals surface area contributed by atoms with Gasteiger partial charge in [0.15, 0.2) is 17.2 Å². The number of benzene rings is 2. The molecule has 0 fully saturated rings. The first-order chi connectivity index (χ1) is 19.9. The molecule has 0 bridgehead atoms. The number of Topliss-reactive ketones (excluding diaryl/α,β-unsaturated/α-hetero) is 3. The van der Waals surface area contributed by atoms with Gasteiger partial charge in [0.25, 0.3) is 0 Å². The third-order valence-corrected chi connectivity index (χ3v) is 10.7. The van der Waals surface area contributed by atoms with E-state index in [1.54, 1.807) is 33.8 Å². The van der Waals surface area contributed by atoms with E-state index in [1.807, 2.05) is 24.3 Å². The molecule has 3 aliphatic rings. The molecule has 0 aromatic heterocycles. The Hall–Kier alpha value is -3.75. The monoisotopic (exact) mass is 588 g/mol. The number of ketones is 3. The fourth-order valence-electron chi connectivity index (χ4n) is 8.31. The van der Waals surface area contributed by atoms with Crippen LogP contribution in [0.15, 0.2) is 59.1 Å². The largest absolute Gasteiger partial charge is 0.511 e. The van der Waals surface area contributed by atoms with Crippen molar-refractivity contribution >= 4 is 17.3 Å². The summed E-state index contributed by atoms with van der Waals surface area (Å²) in [6.45, 7) is 13.4. The lowest BCUT2D eigenvalue weighted by atomic mass is 9.41. The SMILES string of the molecule is CC(=O)C1=C(O)C(C(C)C)[C@@]2(C)[C@H](O)[C@]3(C)C(=C(O)[C@@]2(O)C1=O)C(=O)c1c(O)ccc(-c2ccc(C(C)C)cc2)c1[C@H]3C. The number of hydrogen-bond acceptors (Lipinski definition) is 8. The van der Waals surface area contributed by atoms with Gasteiger partial charge in [-0.25, -0.2) is 0 Å². The van der Waals surface area contributed by atoms with Crippen molar-refractivity contribution in [3.63, 3.8) is 0 Å². The molecule has 8 heteroatoms. The molecule has 8 nitrogen and oxygen atoms in total. The van der Waals surface area contributed by atoms with Gasteiger partial charge in [-0.3, -0.25) is 14.4 Å². The zero-order valence-corrected chi connectivity index (χ0v) is 25.8. The van der Waals surface area contributed by atoms with Crippen molar-refractivity contribution in [3.8, 4) is 16.9 Å². The third-order valence-electron chi connectivity index (χ3n) is 10.7. The summed E-state index contributed by atoms with van der Waals surface area (Å²) in [5.74, 6) is -6.88. The number of carbonyl (C=O) groups is 3. The maximum absolute atomic E-state index is 14.4. The van der Waals surface area contributed by atoms with Crippen LogP contribution in [0.1, 0.15) is 88.7 Å². The summed E-state index contributed by atoms with van der Waals surface area (Å²) in [5.41, 5.74) is -4.59. The molecule has 0 heterocycles. The summed E-state index contributed by atoms with van der Waals surface area (Å²) in [6.07, 6.45) is -1.67. The second kappa shape index (κ2) is 9.63. The van der Waals surface area contributed by atoms with Crippen LogP contribution < -0.4 is 0 Å². The van der Waals surface area contributed by atoms with Gasteiger partial charge in [0, 0.05) is 16.7 Å². The molecule has 0 aliphatic heterocycles. The molecule has 2 aromatic carbocycles. The summed E-state index contributed by atoms with van der Waals surface area (Å²) in [6, 6.07) is 11.0. The van der Waals surface area contributed by atoms with Gasteiger partial charge in [-0.15, -0.1) is 0 Å². The number of rotatable bonds is 4. The van der Waals surface area contributed by atoms with E-state index >= 15 is 0 Å². The zero-order valence-electron chi connectivity index (χ0n) is 25.8. The van der Waals surface area contributed by atoms with Gasteiger partial charge in [0.1, 0.15) is 22.8 Å². The summed E-state index contributed by atoms with van der Waals surface area (Å²) in [4.78, 5) is 40.9. The number of carbonyl (C=O) groups excluding carboxylic acids is 3. The first-order valence-electron chi connectivity index (χ1n) is 14.7. The van der Waals surface area contributed by atoms with E-state index in [4.69, 9.17) is 0 Å². The third kappa shape index (κ3) is 3.59. The highest BCUT2D eigenvalue weighted by atomic mass is 16.4. The highest BCUT2D eigenvalue weighted by Gasteiger charge is 2.76. The van der Waals surface area contributed by atoms with E-state index in [9.17, 15) is 39.9 Å². The van der Waals surface area contributed by atoms with E-state index in [1.165, 1.54) is 13.0 Å². The second-order valence-corrected chi connectivity index (χ2v) is 13.5. The van der Waals surface area contributed by atoms with Crippen molar-refractivity contribution in [2.24, 2.45) is 22.7 Å². The zero-order chi connectivity index (χ0) is 32.1. The molecular formula is C35H40O8. The molecule has 228 valence electrons. The lowest BCUT2D eigenvalue weighted by Crippen LogP contribution is -2.73. The molecule has 0 saturated heterocycles. The Morgan fingerprint density at radius 1 is 0.930 bits per heavy atom. The van der Waals surface area contributed by atoms with Crippen molar-refractivity contribution in [1.82, 2.24) is 0 Å². The number of aliphatic hydroxyl groups excluding tert-OH is 3. The molecule has 3 aliphatic carbocycles. The minimum Gasteiger partial charge on any atom is -0.511 e. The number of phenols is 1. The number of hydrogen-bond donors (Lipinski definition) is 5. The van der Waals surface area contributed by atoms with Gasteiger partial charge >= 0.3 is 0 Å². The summed E-state index contributed by atoms with van der Waals surface area (Å²) < 4.78 is 0. The van der Waals surface area contributed by atoms with E-state index in [-0.39, 0.29) is 11.3 Å². The lowest BCUT2D eigenvalue weighted by Gasteiger charge is -2.63. The molecule has 5 N–H and O–H groups in total. The van der Waals surface area contributed by atoms with Crippen LogP contribution in [0.25, 0.3) is 11.1 Å². The quantitative estimate of drug-likeness (QED) is 0.287. The summed E-state index contributed by atoms with van der Waals surface area (Å²) in [7, 11) is 0. The fraction of sp³-hybridized carbons (Fsp3) is 0.457. The Kier molecular flexibility index (Phi) is 6.87. The summed E-state index contributed by atoms with van der Waals surface area (Å²) in [5, 5.41) is 59.0. The first-order valence-corrected chi connectivity index (χ1v) is 14.7. The molecule has 0 amide bonds. The van der Waals surface area contributed by atoms with Gasteiger partial charge in [0.05, 0.1) is 17.2 Å². The average Bonchev–Trinajstić information content (AvgIpc) is 2.93. The van der Waals surface area contributed by atoms with Gasteiger partial charge in [-0.1, -0.05) is 78.8 Å². The number of aromatic hydroxyl groups is 1. The molecule has 0 spiro atoms.